The van der Waals surface area contributed by atoms with Crippen LogP contribution in [0.2, 0.25) is 0 Å². The van der Waals surface area contributed by atoms with Crippen molar-refractivity contribution in [1.29, 1.82) is 0 Å². The van der Waals surface area contributed by atoms with Crippen LogP contribution < -0.4 is 0 Å². The van der Waals surface area contributed by atoms with Gasteiger partial charge in [-0.3, -0.25) is 0 Å². The Morgan fingerprint density at radius 3 is 1.95 bits per heavy atom. The van der Waals surface area contributed by atoms with Crippen molar-refractivity contribution in [3.63, 3.8) is 0 Å². The van der Waals surface area contributed by atoms with Gasteiger partial charge in [0.05, 0.1) is 11.7 Å². The number of halogens is 1. The van der Waals surface area contributed by atoms with E-state index < -0.39 is 12.1 Å². The summed E-state index contributed by atoms with van der Waals surface area (Å²) in [5, 5.41) is 0. The molecule has 4 nitrogen and oxygen atoms in total. The number of aryl methyl sites for hydroxylation is 1. The summed E-state index contributed by atoms with van der Waals surface area (Å²) in [5.74, 6) is -0.301. The zero-order valence-electron chi connectivity index (χ0n) is 26.3. The van der Waals surface area contributed by atoms with Crippen LogP contribution in [0.1, 0.15) is 133 Å². The SMILES string of the molecule is CCCCCC[C@@H](C)OC(=O)c1ccc(-c2ccc(CC[C@H]3CC[C@H](OC(=O)[C@@H](F)CCCCCC)CC3)cc2)cc1. The van der Waals surface area contributed by atoms with Gasteiger partial charge in [0.2, 0.25) is 0 Å². The fourth-order valence-corrected chi connectivity index (χ4v) is 5.85. The molecule has 0 N–H and O–H groups in total. The van der Waals surface area contributed by atoms with E-state index in [0.29, 0.717) is 11.5 Å². The van der Waals surface area contributed by atoms with Gasteiger partial charge in [0.15, 0.2) is 6.17 Å². The number of hydrogen-bond acceptors (Lipinski definition) is 4. The topological polar surface area (TPSA) is 52.6 Å². The first-order valence-electron chi connectivity index (χ1n) is 16.6. The van der Waals surface area contributed by atoms with Gasteiger partial charge in [-0.2, -0.15) is 0 Å². The molecule has 1 aliphatic carbocycles. The molecule has 2 atom stereocenters. The van der Waals surface area contributed by atoms with Gasteiger partial charge in [-0.25, -0.2) is 14.0 Å². The summed E-state index contributed by atoms with van der Waals surface area (Å²) in [5.41, 5.74) is 4.10. The molecule has 0 amide bonds. The molecule has 0 radical (unpaired) electrons. The van der Waals surface area contributed by atoms with Crippen LogP contribution in [0.4, 0.5) is 4.39 Å². The van der Waals surface area contributed by atoms with Crippen LogP contribution in [0, 0.1) is 5.92 Å². The number of alkyl halides is 1. The van der Waals surface area contributed by atoms with E-state index in [2.05, 4.69) is 38.1 Å². The van der Waals surface area contributed by atoms with Crippen molar-refractivity contribution in [1.82, 2.24) is 0 Å². The maximum atomic E-state index is 14.2. The first-order valence-corrected chi connectivity index (χ1v) is 16.6. The van der Waals surface area contributed by atoms with Crippen molar-refractivity contribution in [2.24, 2.45) is 5.92 Å². The molecule has 0 aliphatic heterocycles. The van der Waals surface area contributed by atoms with Gasteiger partial charge in [-0.05, 0) is 106 Å². The fraction of sp³-hybridized carbons (Fsp3) is 0.622. The lowest BCUT2D eigenvalue weighted by atomic mass is 9.83. The molecular formula is C37H53FO4. The van der Waals surface area contributed by atoms with E-state index in [9.17, 15) is 14.0 Å². The van der Waals surface area contributed by atoms with Gasteiger partial charge in [-0.15, -0.1) is 0 Å². The Morgan fingerprint density at radius 2 is 1.36 bits per heavy atom. The molecule has 0 aromatic heterocycles. The quantitative estimate of drug-likeness (QED) is 0.130. The molecule has 2 aromatic carbocycles. The van der Waals surface area contributed by atoms with Gasteiger partial charge >= 0.3 is 11.9 Å². The van der Waals surface area contributed by atoms with Crippen molar-refractivity contribution < 1.29 is 23.5 Å². The van der Waals surface area contributed by atoms with E-state index >= 15 is 0 Å². The largest absolute Gasteiger partial charge is 0.460 e. The fourth-order valence-electron chi connectivity index (χ4n) is 5.85. The number of ether oxygens (including phenoxy) is 2. The third-order valence-electron chi connectivity index (χ3n) is 8.67. The summed E-state index contributed by atoms with van der Waals surface area (Å²) in [6.07, 6.45) is 14.0. The Morgan fingerprint density at radius 1 is 0.786 bits per heavy atom. The number of unbranched alkanes of at least 4 members (excludes halogenated alkanes) is 6. The number of benzene rings is 2. The Labute approximate surface area is 253 Å². The normalized spacial score (nSPS) is 18.3. The molecule has 1 saturated carbocycles. The van der Waals surface area contributed by atoms with Crippen molar-refractivity contribution in [3.8, 4) is 11.1 Å². The minimum absolute atomic E-state index is 0.0619. The van der Waals surface area contributed by atoms with Crippen LogP contribution in [0.3, 0.4) is 0 Å². The third-order valence-corrected chi connectivity index (χ3v) is 8.67. The second-order valence-corrected chi connectivity index (χ2v) is 12.3. The molecule has 3 rings (SSSR count). The first kappa shape index (κ1) is 33.8. The van der Waals surface area contributed by atoms with E-state index in [1.54, 1.807) is 0 Å². The highest BCUT2D eigenvalue weighted by molar-refractivity contribution is 5.90. The van der Waals surface area contributed by atoms with Gasteiger partial charge < -0.3 is 9.47 Å². The monoisotopic (exact) mass is 580 g/mol. The Bertz CT molecular complexity index is 1040. The van der Waals surface area contributed by atoms with Crippen LogP contribution in [0.15, 0.2) is 48.5 Å². The molecule has 42 heavy (non-hydrogen) atoms. The smallest absolute Gasteiger partial charge is 0.340 e. The van der Waals surface area contributed by atoms with E-state index in [1.165, 1.54) is 24.8 Å². The molecule has 1 fully saturated rings. The van der Waals surface area contributed by atoms with Crippen LogP contribution in [-0.2, 0) is 20.7 Å². The van der Waals surface area contributed by atoms with Crippen molar-refractivity contribution in [2.45, 2.75) is 142 Å². The van der Waals surface area contributed by atoms with Crippen LogP contribution in [0.5, 0.6) is 0 Å². The molecule has 0 heterocycles. The predicted molar refractivity (Wildman–Crippen MR) is 169 cm³/mol. The average Bonchev–Trinajstić information content (AvgIpc) is 3.01. The molecule has 232 valence electrons. The van der Waals surface area contributed by atoms with E-state index in [1.807, 2.05) is 31.2 Å². The van der Waals surface area contributed by atoms with E-state index in [4.69, 9.17) is 9.47 Å². The lowest BCUT2D eigenvalue weighted by molar-refractivity contribution is -0.157. The first-order chi connectivity index (χ1) is 20.4. The summed E-state index contributed by atoms with van der Waals surface area (Å²) < 4.78 is 25.3. The zero-order chi connectivity index (χ0) is 30.2. The number of hydrogen-bond donors (Lipinski definition) is 0. The van der Waals surface area contributed by atoms with Crippen molar-refractivity contribution in [3.05, 3.63) is 59.7 Å². The highest BCUT2D eigenvalue weighted by atomic mass is 19.1. The van der Waals surface area contributed by atoms with Crippen molar-refractivity contribution in [2.75, 3.05) is 0 Å². The average molecular weight is 581 g/mol. The summed E-state index contributed by atoms with van der Waals surface area (Å²) in [7, 11) is 0. The minimum Gasteiger partial charge on any atom is -0.460 e. The summed E-state index contributed by atoms with van der Waals surface area (Å²) >= 11 is 0. The molecule has 1 aliphatic rings. The van der Waals surface area contributed by atoms with Gasteiger partial charge in [0.25, 0.3) is 0 Å². The molecule has 0 saturated heterocycles. The Balaban J connectivity index is 1.36. The maximum Gasteiger partial charge on any atom is 0.340 e. The highest BCUT2D eigenvalue weighted by Gasteiger charge is 2.27. The Kier molecular flexibility index (Phi) is 15.1. The van der Waals surface area contributed by atoms with E-state index in [0.717, 1.165) is 88.2 Å². The van der Waals surface area contributed by atoms with Crippen LogP contribution in [-0.4, -0.2) is 30.3 Å². The minimum atomic E-state index is -1.48. The lowest BCUT2D eigenvalue weighted by Crippen LogP contribution is -2.29. The molecule has 0 spiro atoms. The van der Waals surface area contributed by atoms with Gasteiger partial charge in [0, 0.05) is 0 Å². The predicted octanol–water partition coefficient (Wildman–Crippen LogP) is 10.2. The Hall–Kier alpha value is -2.69. The second kappa shape index (κ2) is 18.8. The highest BCUT2D eigenvalue weighted by Crippen LogP contribution is 2.30. The number of carbonyl (C=O) groups is 2. The van der Waals surface area contributed by atoms with Crippen LogP contribution >= 0.6 is 0 Å². The lowest BCUT2D eigenvalue weighted by Gasteiger charge is -2.28. The van der Waals surface area contributed by atoms with Gasteiger partial charge in [0.1, 0.15) is 6.10 Å². The summed E-state index contributed by atoms with van der Waals surface area (Å²) in [6.45, 7) is 6.29. The summed E-state index contributed by atoms with van der Waals surface area (Å²) in [4.78, 5) is 24.6. The summed E-state index contributed by atoms with van der Waals surface area (Å²) in [6, 6.07) is 16.3. The molecule has 0 bridgehead atoms. The van der Waals surface area contributed by atoms with Gasteiger partial charge in [-0.1, -0.05) is 88.8 Å². The number of rotatable bonds is 18. The molecular weight excluding hydrogens is 527 g/mol. The molecule has 0 unspecified atom stereocenters. The molecule has 5 heteroatoms. The zero-order valence-corrected chi connectivity index (χ0v) is 26.3. The second-order valence-electron chi connectivity index (χ2n) is 12.3. The van der Waals surface area contributed by atoms with E-state index in [-0.39, 0.29) is 24.6 Å². The van der Waals surface area contributed by atoms with Crippen molar-refractivity contribution >= 4 is 11.9 Å². The molecule has 2 aromatic rings. The number of esters is 2. The van der Waals surface area contributed by atoms with Crippen LogP contribution in [0.25, 0.3) is 11.1 Å². The maximum absolute atomic E-state index is 14.2. The number of carbonyl (C=O) groups excluding carboxylic acids is 2. The third kappa shape index (κ3) is 11.9. The standard InChI is InChI=1S/C37H53FO4/c1-4-6-8-10-12-28(3)41-36(39)33-24-22-32(23-25-33)31-20-16-29(17-21-31)14-15-30-18-26-34(27-19-30)42-37(40)35(38)13-11-9-7-5-2/h16-17,20-25,28,30,34-35H,4-15,18-19,26-27H2,1-3H3/t28-,30-,34-,35+/m1/s1.